The second-order valence-corrected chi connectivity index (χ2v) is 6.25. The van der Waals surface area contributed by atoms with Gasteiger partial charge in [-0.2, -0.15) is 0 Å². The summed E-state index contributed by atoms with van der Waals surface area (Å²) in [5.41, 5.74) is 0.607. The molecule has 1 aromatic rings. The molecule has 116 valence electrons. The molecule has 7 nitrogen and oxygen atoms in total. The zero-order chi connectivity index (χ0) is 15.4. The van der Waals surface area contributed by atoms with Gasteiger partial charge >= 0.3 is 0 Å². The largest absolute Gasteiger partial charge is 0.354 e. The first-order chi connectivity index (χ1) is 10.7. The minimum atomic E-state index is -0.377. The van der Waals surface area contributed by atoms with Gasteiger partial charge in [-0.25, -0.2) is 9.97 Å². The van der Waals surface area contributed by atoms with Gasteiger partial charge < -0.3 is 10.6 Å². The molecule has 3 rings (SSSR count). The van der Waals surface area contributed by atoms with Crippen molar-refractivity contribution in [1.82, 2.24) is 20.6 Å². The highest BCUT2D eigenvalue weighted by molar-refractivity contribution is 8.18. The van der Waals surface area contributed by atoms with Gasteiger partial charge in [0.1, 0.15) is 0 Å². The van der Waals surface area contributed by atoms with Gasteiger partial charge in [-0.15, -0.1) is 0 Å². The number of hydrogen-bond acceptors (Lipinski definition) is 7. The minimum Gasteiger partial charge on any atom is -0.354 e. The lowest BCUT2D eigenvalue weighted by Gasteiger charge is -2.22. The molecule has 22 heavy (non-hydrogen) atoms. The third kappa shape index (κ3) is 3.83. The third-order valence-corrected chi connectivity index (χ3v) is 4.42. The van der Waals surface area contributed by atoms with Crippen molar-refractivity contribution in [3.63, 3.8) is 0 Å². The molecule has 0 bridgehead atoms. The maximum absolute atomic E-state index is 11.5. The van der Waals surface area contributed by atoms with Crippen molar-refractivity contribution >= 4 is 34.9 Å². The quantitative estimate of drug-likeness (QED) is 0.718. The Hall–Kier alpha value is -1.93. The summed E-state index contributed by atoms with van der Waals surface area (Å²) in [5.74, 6) is 0.793. The first-order valence-electron chi connectivity index (χ1n) is 7.23. The summed E-state index contributed by atoms with van der Waals surface area (Å²) in [6, 6.07) is 1.71. The molecule has 0 aromatic carbocycles. The molecule has 1 aromatic heterocycles. The van der Waals surface area contributed by atoms with Crippen LogP contribution < -0.4 is 16.0 Å². The van der Waals surface area contributed by atoms with Crippen molar-refractivity contribution in [3.05, 3.63) is 22.9 Å². The highest BCUT2D eigenvalue weighted by atomic mass is 32.2. The van der Waals surface area contributed by atoms with Gasteiger partial charge in [0.25, 0.3) is 11.1 Å². The highest BCUT2D eigenvalue weighted by Gasteiger charge is 2.25. The van der Waals surface area contributed by atoms with E-state index in [1.165, 1.54) is 0 Å². The van der Waals surface area contributed by atoms with E-state index in [-0.39, 0.29) is 11.1 Å². The number of aromatic nitrogens is 2. The zero-order valence-corrected chi connectivity index (χ0v) is 12.8. The van der Waals surface area contributed by atoms with Crippen LogP contribution in [0.1, 0.15) is 18.5 Å². The van der Waals surface area contributed by atoms with Gasteiger partial charge in [-0.3, -0.25) is 14.9 Å². The van der Waals surface area contributed by atoms with E-state index in [0.29, 0.717) is 22.5 Å². The third-order valence-electron chi connectivity index (χ3n) is 3.61. The Morgan fingerprint density at radius 2 is 2.18 bits per heavy atom. The normalized spacial score (nSPS) is 21.2. The Labute approximate surface area is 132 Å². The van der Waals surface area contributed by atoms with Crippen LogP contribution in [0.5, 0.6) is 0 Å². The van der Waals surface area contributed by atoms with Crippen molar-refractivity contribution in [2.45, 2.75) is 12.8 Å². The summed E-state index contributed by atoms with van der Waals surface area (Å²) in [7, 11) is 0. The second kappa shape index (κ2) is 6.89. The monoisotopic (exact) mass is 319 g/mol. The molecule has 2 amide bonds. The van der Waals surface area contributed by atoms with Gasteiger partial charge in [0, 0.05) is 12.7 Å². The summed E-state index contributed by atoms with van der Waals surface area (Å²) in [4.78, 5) is 31.6. The molecule has 0 aliphatic carbocycles. The molecule has 3 heterocycles. The predicted molar refractivity (Wildman–Crippen MR) is 85.2 cm³/mol. The van der Waals surface area contributed by atoms with E-state index in [9.17, 15) is 9.59 Å². The van der Waals surface area contributed by atoms with E-state index in [1.807, 2.05) is 0 Å². The van der Waals surface area contributed by atoms with Crippen LogP contribution in [-0.2, 0) is 4.79 Å². The first kappa shape index (κ1) is 15.0. The van der Waals surface area contributed by atoms with Crippen LogP contribution in [0, 0.1) is 5.92 Å². The number of hydrogen-bond donors (Lipinski definition) is 3. The van der Waals surface area contributed by atoms with E-state index < -0.39 is 0 Å². The fourth-order valence-electron chi connectivity index (χ4n) is 2.42. The van der Waals surface area contributed by atoms with Gasteiger partial charge in [-0.05, 0) is 55.8 Å². The molecule has 0 saturated carbocycles. The summed E-state index contributed by atoms with van der Waals surface area (Å²) in [6.45, 7) is 2.95. The van der Waals surface area contributed by atoms with Gasteiger partial charge in [0.2, 0.25) is 5.95 Å². The number of carbonyl (C=O) groups excluding carboxylic acids is 2. The van der Waals surface area contributed by atoms with E-state index in [4.69, 9.17) is 0 Å². The maximum atomic E-state index is 11.5. The molecule has 2 saturated heterocycles. The molecule has 0 radical (unpaired) electrons. The van der Waals surface area contributed by atoms with E-state index in [1.54, 1.807) is 18.3 Å². The number of rotatable bonds is 4. The van der Waals surface area contributed by atoms with Gasteiger partial charge in [-0.1, -0.05) is 0 Å². The van der Waals surface area contributed by atoms with Crippen molar-refractivity contribution in [2.75, 3.05) is 25.0 Å². The molecule has 2 aliphatic rings. The average Bonchev–Trinajstić information content (AvgIpc) is 2.84. The average molecular weight is 319 g/mol. The number of nitrogens with one attached hydrogen (secondary N) is 3. The smallest absolute Gasteiger partial charge is 0.290 e. The van der Waals surface area contributed by atoms with Crippen LogP contribution >= 0.6 is 11.8 Å². The standard InChI is InChI=1S/C14H17N5O2S/c20-12-11(22-14(21)19-12)7-10-3-6-16-13(18-10)17-8-9-1-4-15-5-2-9/h3,6-7,9,15H,1-2,4-5,8H2,(H,16,17,18)(H,19,20,21). The first-order valence-corrected chi connectivity index (χ1v) is 8.05. The van der Waals surface area contributed by atoms with Crippen molar-refractivity contribution in [1.29, 1.82) is 0 Å². The number of thioether (sulfide) groups is 1. The Morgan fingerprint density at radius 3 is 2.91 bits per heavy atom. The lowest BCUT2D eigenvalue weighted by atomic mass is 9.98. The minimum absolute atomic E-state index is 0.352. The number of piperidine rings is 1. The Balaban J connectivity index is 1.63. The summed E-state index contributed by atoms with van der Waals surface area (Å²) in [6.07, 6.45) is 5.54. The zero-order valence-electron chi connectivity index (χ0n) is 12.0. The Morgan fingerprint density at radius 1 is 1.36 bits per heavy atom. The molecule has 8 heteroatoms. The van der Waals surface area contributed by atoms with Crippen LogP contribution in [0.25, 0.3) is 6.08 Å². The molecule has 3 N–H and O–H groups in total. The van der Waals surface area contributed by atoms with Gasteiger partial charge in [0.15, 0.2) is 0 Å². The fraction of sp³-hybridized carbons (Fsp3) is 0.429. The van der Waals surface area contributed by atoms with Crippen molar-refractivity contribution in [2.24, 2.45) is 5.92 Å². The number of anilines is 1. The molecule has 0 spiro atoms. The number of amides is 2. The van der Waals surface area contributed by atoms with Crippen molar-refractivity contribution in [3.8, 4) is 0 Å². The lowest BCUT2D eigenvalue weighted by Crippen LogP contribution is -2.31. The maximum Gasteiger partial charge on any atom is 0.290 e. The highest BCUT2D eigenvalue weighted by Crippen LogP contribution is 2.25. The molecular formula is C14H17N5O2S. The van der Waals surface area contributed by atoms with Crippen LogP contribution in [0.15, 0.2) is 17.2 Å². The number of nitrogens with zero attached hydrogens (tertiary/aromatic N) is 2. The van der Waals surface area contributed by atoms with Crippen LogP contribution in [0.4, 0.5) is 10.7 Å². The van der Waals surface area contributed by atoms with Crippen LogP contribution in [0.2, 0.25) is 0 Å². The van der Waals surface area contributed by atoms with E-state index in [0.717, 1.165) is 44.2 Å². The van der Waals surface area contributed by atoms with E-state index in [2.05, 4.69) is 25.9 Å². The van der Waals surface area contributed by atoms with Crippen molar-refractivity contribution < 1.29 is 9.59 Å². The SMILES string of the molecule is O=C1NC(=O)C(=Cc2ccnc(NCC3CCNCC3)n2)S1. The Bertz CT molecular complexity index is 613. The second-order valence-electron chi connectivity index (χ2n) is 5.23. The molecule has 0 atom stereocenters. The summed E-state index contributed by atoms with van der Waals surface area (Å²) in [5, 5.41) is 8.45. The fourth-order valence-corrected chi connectivity index (χ4v) is 3.08. The summed E-state index contributed by atoms with van der Waals surface area (Å²) >= 11 is 0.884. The molecule has 2 aliphatic heterocycles. The molecule has 0 unspecified atom stereocenters. The Kier molecular flexibility index (Phi) is 4.69. The molecular weight excluding hydrogens is 302 g/mol. The number of carbonyl (C=O) groups is 2. The lowest BCUT2D eigenvalue weighted by molar-refractivity contribution is -0.115. The number of imide groups is 1. The van der Waals surface area contributed by atoms with E-state index >= 15 is 0 Å². The van der Waals surface area contributed by atoms with Gasteiger partial charge in [0.05, 0.1) is 10.6 Å². The predicted octanol–water partition coefficient (Wildman–Crippen LogP) is 1.21. The van der Waals surface area contributed by atoms with Crippen LogP contribution in [0.3, 0.4) is 0 Å². The molecule has 2 fully saturated rings. The summed E-state index contributed by atoms with van der Waals surface area (Å²) < 4.78 is 0. The van der Waals surface area contributed by atoms with Crippen LogP contribution in [-0.4, -0.2) is 40.7 Å². The topological polar surface area (TPSA) is 96.0 Å².